The number of halogens is 3. The number of hydrogen-bond acceptors (Lipinski definition) is 5. The maximum atomic E-state index is 13.6. The van der Waals surface area contributed by atoms with Crippen LogP contribution in [-0.4, -0.2) is 48.5 Å². The molecule has 0 unspecified atom stereocenters. The summed E-state index contributed by atoms with van der Waals surface area (Å²) >= 11 is 0. The van der Waals surface area contributed by atoms with E-state index in [0.29, 0.717) is 34.4 Å². The van der Waals surface area contributed by atoms with Crippen molar-refractivity contribution in [1.29, 1.82) is 0 Å². The first-order chi connectivity index (χ1) is 14.5. The molecule has 0 aliphatic carbocycles. The summed E-state index contributed by atoms with van der Waals surface area (Å²) in [5, 5.41) is 3.93. The third kappa shape index (κ3) is 3.91. The van der Waals surface area contributed by atoms with Crippen LogP contribution in [-0.2, 0) is 19.0 Å². The van der Waals surface area contributed by atoms with E-state index in [1.807, 2.05) is 0 Å². The summed E-state index contributed by atoms with van der Waals surface area (Å²) in [4.78, 5) is 38.0. The molecule has 0 saturated carbocycles. The van der Waals surface area contributed by atoms with Gasteiger partial charge in [-0.1, -0.05) is 13.8 Å². The van der Waals surface area contributed by atoms with Gasteiger partial charge in [0.2, 0.25) is 0 Å². The quantitative estimate of drug-likeness (QED) is 0.669. The lowest BCUT2D eigenvalue weighted by Gasteiger charge is -2.18. The Kier molecular flexibility index (Phi) is 5.06. The van der Waals surface area contributed by atoms with Gasteiger partial charge in [0.25, 0.3) is 11.5 Å². The highest BCUT2D eigenvalue weighted by molar-refractivity contribution is 5.93. The molecular weight excluding hydrogens is 413 g/mol. The molecule has 164 valence electrons. The fourth-order valence-corrected chi connectivity index (χ4v) is 3.69. The minimum atomic E-state index is -4.65. The van der Waals surface area contributed by atoms with Crippen molar-refractivity contribution < 1.29 is 18.0 Å². The van der Waals surface area contributed by atoms with Crippen LogP contribution in [0.5, 0.6) is 0 Å². The van der Waals surface area contributed by atoms with Gasteiger partial charge in [0.1, 0.15) is 11.5 Å². The number of carbonyl (C=O) groups excluding carboxylic acids is 1. The molecule has 0 aromatic carbocycles. The summed E-state index contributed by atoms with van der Waals surface area (Å²) in [5.41, 5.74) is 0.0633. The Morgan fingerprint density at radius 1 is 1.16 bits per heavy atom. The Balaban J connectivity index is 1.68. The predicted octanol–water partition coefficient (Wildman–Crippen LogP) is 2.50. The van der Waals surface area contributed by atoms with Crippen molar-refractivity contribution in [1.82, 2.24) is 29.5 Å². The van der Waals surface area contributed by atoms with Gasteiger partial charge in [0.05, 0.1) is 5.69 Å². The molecule has 0 atom stereocenters. The molecule has 0 radical (unpaired) electrons. The first kappa shape index (κ1) is 21.0. The number of nitrogens with one attached hydrogen (secondary N) is 1. The number of aromatic nitrogens is 5. The smallest absolute Gasteiger partial charge is 0.337 e. The molecule has 4 rings (SSSR count). The van der Waals surface area contributed by atoms with Gasteiger partial charge in [-0.2, -0.15) is 18.3 Å². The number of nitrogens with zero attached hydrogens (tertiary/aromatic N) is 5. The lowest BCUT2D eigenvalue weighted by Crippen LogP contribution is -2.33. The van der Waals surface area contributed by atoms with Crippen LogP contribution in [0.4, 0.5) is 13.2 Å². The summed E-state index contributed by atoms with van der Waals surface area (Å²) in [6.45, 7) is 5.70. The van der Waals surface area contributed by atoms with E-state index in [4.69, 9.17) is 0 Å². The molecule has 0 bridgehead atoms. The van der Waals surface area contributed by atoms with Gasteiger partial charge < -0.3 is 9.88 Å². The van der Waals surface area contributed by atoms with E-state index in [0.717, 1.165) is 6.07 Å². The topological polar surface area (TPSA) is 96.2 Å². The second-order valence-electron chi connectivity index (χ2n) is 7.89. The minimum Gasteiger partial charge on any atom is -0.337 e. The number of aromatic amines is 1. The zero-order chi connectivity index (χ0) is 22.5. The Morgan fingerprint density at radius 3 is 2.55 bits per heavy atom. The van der Waals surface area contributed by atoms with Crippen LogP contribution >= 0.6 is 0 Å². The molecule has 8 nitrogen and oxygen atoms in total. The summed E-state index contributed by atoms with van der Waals surface area (Å²) in [7, 11) is 0. The number of hydrogen-bond donors (Lipinski definition) is 1. The van der Waals surface area contributed by atoms with E-state index < -0.39 is 17.8 Å². The van der Waals surface area contributed by atoms with Crippen molar-refractivity contribution in [2.45, 2.75) is 45.7 Å². The highest BCUT2D eigenvalue weighted by Gasteiger charge is 2.36. The zero-order valence-electron chi connectivity index (χ0n) is 17.2. The SMILES string of the molecule is Cc1nc2c(c(=O)[nH]1)CCN(C(=O)c1cc3nc(C(C)C)cc(C(F)(F)F)n3n1)CC2. The second kappa shape index (κ2) is 7.47. The molecule has 1 amide bonds. The van der Waals surface area contributed by atoms with E-state index in [2.05, 4.69) is 20.1 Å². The van der Waals surface area contributed by atoms with Gasteiger partial charge in [0, 0.05) is 36.8 Å². The van der Waals surface area contributed by atoms with E-state index in [1.165, 1.54) is 11.0 Å². The molecule has 1 aliphatic heterocycles. The number of fused-ring (bicyclic) bond motifs is 2. The Labute approximate surface area is 175 Å². The first-order valence-electron chi connectivity index (χ1n) is 9.90. The van der Waals surface area contributed by atoms with Crippen molar-refractivity contribution in [2.75, 3.05) is 13.1 Å². The van der Waals surface area contributed by atoms with Gasteiger partial charge in [-0.25, -0.2) is 14.5 Å². The van der Waals surface area contributed by atoms with Crippen LogP contribution in [0.2, 0.25) is 0 Å². The van der Waals surface area contributed by atoms with Crippen molar-refractivity contribution in [2.24, 2.45) is 0 Å². The summed E-state index contributed by atoms with van der Waals surface area (Å²) in [6.07, 6.45) is -3.96. The standard InChI is InChI=1S/C20H21F3N6O2/c1-10(2)14-8-16(20(21,22)23)29-17(26-14)9-15(27-29)19(31)28-6-4-12-13(5-7-28)24-11(3)25-18(12)30/h8-10H,4-7H2,1-3H3,(H,24,25,30). The minimum absolute atomic E-state index is 0.0336. The molecule has 1 aliphatic rings. The maximum Gasteiger partial charge on any atom is 0.433 e. The normalized spacial score (nSPS) is 14.7. The Bertz CT molecular complexity index is 1230. The molecule has 3 aromatic rings. The van der Waals surface area contributed by atoms with Gasteiger partial charge in [-0.05, 0) is 25.3 Å². The lowest BCUT2D eigenvalue weighted by atomic mass is 10.1. The number of alkyl halides is 3. The van der Waals surface area contributed by atoms with Crippen molar-refractivity contribution >= 4 is 11.6 Å². The molecule has 3 aromatic heterocycles. The lowest BCUT2D eigenvalue weighted by molar-refractivity contribution is -0.142. The van der Waals surface area contributed by atoms with E-state index >= 15 is 0 Å². The van der Waals surface area contributed by atoms with Gasteiger partial charge in [0.15, 0.2) is 11.3 Å². The molecular formula is C20H21F3N6O2. The Hall–Kier alpha value is -3.24. The van der Waals surface area contributed by atoms with Crippen LogP contribution in [0.1, 0.15) is 58.7 Å². The molecule has 11 heteroatoms. The molecule has 0 fully saturated rings. The number of carbonyl (C=O) groups is 1. The number of aryl methyl sites for hydroxylation is 1. The molecule has 4 heterocycles. The molecule has 0 saturated heterocycles. The maximum absolute atomic E-state index is 13.6. The molecule has 31 heavy (non-hydrogen) atoms. The largest absolute Gasteiger partial charge is 0.433 e. The van der Waals surface area contributed by atoms with Gasteiger partial charge >= 0.3 is 6.18 Å². The Morgan fingerprint density at radius 2 is 1.87 bits per heavy atom. The van der Waals surface area contributed by atoms with E-state index in [-0.39, 0.29) is 41.6 Å². The van der Waals surface area contributed by atoms with Crippen LogP contribution in [0.15, 0.2) is 16.9 Å². The summed E-state index contributed by atoms with van der Waals surface area (Å²) in [6, 6.07) is 2.23. The van der Waals surface area contributed by atoms with Crippen LogP contribution < -0.4 is 5.56 Å². The highest BCUT2D eigenvalue weighted by Crippen LogP contribution is 2.31. The third-order valence-corrected chi connectivity index (χ3v) is 5.31. The van der Waals surface area contributed by atoms with E-state index in [1.54, 1.807) is 20.8 Å². The number of H-pyrrole nitrogens is 1. The van der Waals surface area contributed by atoms with Gasteiger partial charge in [-0.15, -0.1) is 0 Å². The van der Waals surface area contributed by atoms with Gasteiger partial charge in [-0.3, -0.25) is 9.59 Å². The third-order valence-electron chi connectivity index (χ3n) is 5.31. The van der Waals surface area contributed by atoms with Crippen LogP contribution in [0.3, 0.4) is 0 Å². The van der Waals surface area contributed by atoms with Crippen molar-refractivity contribution in [3.63, 3.8) is 0 Å². The number of rotatable bonds is 2. The highest BCUT2D eigenvalue weighted by atomic mass is 19.4. The predicted molar refractivity (Wildman–Crippen MR) is 105 cm³/mol. The van der Waals surface area contributed by atoms with Crippen LogP contribution in [0, 0.1) is 6.92 Å². The monoisotopic (exact) mass is 434 g/mol. The summed E-state index contributed by atoms with van der Waals surface area (Å²) < 4.78 is 41.4. The van der Waals surface area contributed by atoms with Crippen LogP contribution in [0.25, 0.3) is 5.65 Å². The van der Waals surface area contributed by atoms with Crippen molar-refractivity contribution in [3.8, 4) is 0 Å². The fourth-order valence-electron chi connectivity index (χ4n) is 3.69. The number of amides is 1. The summed E-state index contributed by atoms with van der Waals surface area (Å²) in [5.74, 6) is -0.237. The fraction of sp³-hybridized carbons (Fsp3) is 0.450. The molecule has 0 spiro atoms. The van der Waals surface area contributed by atoms with E-state index in [9.17, 15) is 22.8 Å². The average Bonchev–Trinajstić information content (AvgIpc) is 2.99. The first-order valence-corrected chi connectivity index (χ1v) is 9.90. The zero-order valence-corrected chi connectivity index (χ0v) is 17.2. The molecule has 1 N–H and O–H groups in total. The second-order valence-corrected chi connectivity index (χ2v) is 7.89. The van der Waals surface area contributed by atoms with Crippen molar-refractivity contribution in [3.05, 3.63) is 56.7 Å². The average molecular weight is 434 g/mol.